The van der Waals surface area contributed by atoms with E-state index in [2.05, 4.69) is 4.98 Å². The van der Waals surface area contributed by atoms with Gasteiger partial charge in [0, 0.05) is 6.20 Å². The van der Waals surface area contributed by atoms with Crippen molar-refractivity contribution in [1.82, 2.24) is 9.38 Å². The van der Waals surface area contributed by atoms with E-state index in [9.17, 15) is 4.79 Å². The number of carbonyl (C=O) groups is 1. The molecule has 0 radical (unpaired) electrons. The van der Waals surface area contributed by atoms with Gasteiger partial charge in [0.2, 0.25) is 0 Å². The predicted molar refractivity (Wildman–Crippen MR) is 79.2 cm³/mol. The van der Waals surface area contributed by atoms with Crippen LogP contribution in [0.1, 0.15) is 27.0 Å². The number of rotatable bonds is 3. The Morgan fingerprint density at radius 2 is 2.14 bits per heavy atom. The van der Waals surface area contributed by atoms with Gasteiger partial charge in [-0.1, -0.05) is 12.1 Å². The minimum absolute atomic E-state index is 0.260. The lowest BCUT2D eigenvalue weighted by molar-refractivity contribution is 0.0472. The molecule has 0 aliphatic carbocycles. The highest BCUT2D eigenvalue weighted by Crippen LogP contribution is 2.21. The highest BCUT2D eigenvalue weighted by atomic mass is 16.5. The molecule has 0 fully saturated rings. The molecular formula is C17H14N2O3. The third-order valence-corrected chi connectivity index (χ3v) is 3.81. The molecule has 0 saturated heterocycles. The van der Waals surface area contributed by atoms with E-state index in [-0.39, 0.29) is 12.6 Å². The van der Waals surface area contributed by atoms with Gasteiger partial charge < -0.3 is 13.9 Å². The van der Waals surface area contributed by atoms with Gasteiger partial charge in [0.05, 0.1) is 36.8 Å². The molecule has 5 heteroatoms. The van der Waals surface area contributed by atoms with Crippen LogP contribution in [0.4, 0.5) is 0 Å². The Morgan fingerprint density at radius 1 is 1.23 bits per heavy atom. The van der Waals surface area contributed by atoms with E-state index >= 15 is 0 Å². The number of fused-ring (bicyclic) bond motifs is 2. The minimum Gasteiger partial charge on any atom is -0.457 e. The molecule has 0 bridgehead atoms. The largest absolute Gasteiger partial charge is 0.457 e. The van der Waals surface area contributed by atoms with Crippen LogP contribution < -0.4 is 0 Å². The number of pyridine rings is 1. The summed E-state index contributed by atoms with van der Waals surface area (Å²) in [6, 6.07) is 9.54. The zero-order valence-corrected chi connectivity index (χ0v) is 11.9. The van der Waals surface area contributed by atoms with Gasteiger partial charge in [-0.2, -0.15) is 0 Å². The Bertz CT molecular complexity index is 854. The van der Waals surface area contributed by atoms with Gasteiger partial charge in [-0.05, 0) is 34.9 Å². The van der Waals surface area contributed by atoms with E-state index in [1.807, 2.05) is 22.6 Å². The van der Waals surface area contributed by atoms with E-state index in [1.165, 1.54) is 11.1 Å². The van der Waals surface area contributed by atoms with Crippen molar-refractivity contribution in [3.63, 3.8) is 0 Å². The fourth-order valence-electron chi connectivity index (χ4n) is 2.59. The van der Waals surface area contributed by atoms with Gasteiger partial charge in [-0.15, -0.1) is 0 Å². The van der Waals surface area contributed by atoms with Crippen molar-refractivity contribution in [2.45, 2.75) is 19.8 Å². The summed E-state index contributed by atoms with van der Waals surface area (Å²) in [7, 11) is 0. The number of imidazole rings is 1. The number of hydrogen-bond acceptors (Lipinski definition) is 4. The second kappa shape index (κ2) is 5.27. The van der Waals surface area contributed by atoms with Crippen LogP contribution >= 0.6 is 0 Å². The van der Waals surface area contributed by atoms with Gasteiger partial charge in [-0.3, -0.25) is 0 Å². The molecule has 5 nitrogen and oxygen atoms in total. The Morgan fingerprint density at radius 3 is 3.09 bits per heavy atom. The van der Waals surface area contributed by atoms with Crippen molar-refractivity contribution in [2.75, 3.05) is 0 Å². The normalized spacial score (nSPS) is 13.3. The lowest BCUT2D eigenvalue weighted by Gasteiger charge is -2.07. The summed E-state index contributed by atoms with van der Waals surface area (Å²) >= 11 is 0. The predicted octanol–water partition coefficient (Wildman–Crippen LogP) is 2.72. The van der Waals surface area contributed by atoms with Crippen LogP contribution in [0.2, 0.25) is 0 Å². The van der Waals surface area contributed by atoms with E-state index in [0.29, 0.717) is 18.8 Å². The zero-order valence-electron chi connectivity index (χ0n) is 11.9. The summed E-state index contributed by atoms with van der Waals surface area (Å²) in [6.07, 6.45) is 5.19. The summed E-state index contributed by atoms with van der Waals surface area (Å²) in [4.78, 5) is 16.2. The first-order valence-corrected chi connectivity index (χ1v) is 7.07. The lowest BCUT2D eigenvalue weighted by atomic mass is 10.1. The number of benzene rings is 1. The second-order valence-electron chi connectivity index (χ2n) is 5.31. The Labute approximate surface area is 127 Å². The number of ether oxygens (including phenoxy) is 2. The maximum absolute atomic E-state index is 12.1. The highest BCUT2D eigenvalue weighted by Gasteiger charge is 2.13. The molecule has 0 saturated carbocycles. The zero-order chi connectivity index (χ0) is 14.9. The maximum atomic E-state index is 12.1. The molecule has 110 valence electrons. The Balaban J connectivity index is 1.47. The number of aromatic nitrogens is 2. The molecular weight excluding hydrogens is 280 g/mol. The van der Waals surface area contributed by atoms with Gasteiger partial charge in [0.1, 0.15) is 6.61 Å². The first kappa shape index (κ1) is 13.0. The average molecular weight is 294 g/mol. The van der Waals surface area contributed by atoms with Crippen molar-refractivity contribution in [2.24, 2.45) is 0 Å². The summed E-state index contributed by atoms with van der Waals surface area (Å²) in [6.45, 7) is 1.56. The van der Waals surface area contributed by atoms with Crippen molar-refractivity contribution in [1.29, 1.82) is 0 Å². The molecule has 1 aliphatic rings. The van der Waals surface area contributed by atoms with Crippen molar-refractivity contribution in [3.05, 3.63) is 71.3 Å². The van der Waals surface area contributed by atoms with Crippen LogP contribution in [0.3, 0.4) is 0 Å². The van der Waals surface area contributed by atoms with Crippen LogP contribution in [0.5, 0.6) is 0 Å². The van der Waals surface area contributed by atoms with Crippen LogP contribution in [-0.2, 0) is 29.3 Å². The lowest BCUT2D eigenvalue weighted by Crippen LogP contribution is -2.06. The molecule has 3 heterocycles. The molecule has 0 unspecified atom stereocenters. The molecule has 4 rings (SSSR count). The monoisotopic (exact) mass is 294 g/mol. The van der Waals surface area contributed by atoms with Crippen molar-refractivity contribution < 1.29 is 14.3 Å². The second-order valence-corrected chi connectivity index (χ2v) is 5.31. The molecule has 0 N–H and O–H groups in total. The van der Waals surface area contributed by atoms with E-state index in [1.54, 1.807) is 30.9 Å². The standard InChI is InChI=1S/C17H14N2O3/c20-17(13-3-4-19-11-18-7-16(19)6-13)22-8-12-1-2-14-9-21-10-15(14)5-12/h1-7,11H,8-10H2. The van der Waals surface area contributed by atoms with E-state index in [4.69, 9.17) is 9.47 Å². The molecule has 2 aromatic heterocycles. The van der Waals surface area contributed by atoms with E-state index < -0.39 is 0 Å². The molecule has 0 spiro atoms. The quantitative estimate of drug-likeness (QED) is 0.697. The smallest absolute Gasteiger partial charge is 0.338 e. The van der Waals surface area contributed by atoms with Crippen molar-refractivity contribution in [3.8, 4) is 0 Å². The van der Waals surface area contributed by atoms with Crippen LogP contribution in [0.25, 0.3) is 5.52 Å². The van der Waals surface area contributed by atoms with Gasteiger partial charge in [-0.25, -0.2) is 9.78 Å². The summed E-state index contributed by atoms with van der Waals surface area (Å²) in [5, 5.41) is 0. The minimum atomic E-state index is -0.333. The SMILES string of the molecule is O=C(OCc1ccc2c(c1)COC2)c1ccn2cncc2c1. The fraction of sp³-hybridized carbons (Fsp3) is 0.176. The summed E-state index contributed by atoms with van der Waals surface area (Å²) in [5.41, 5.74) is 4.75. The van der Waals surface area contributed by atoms with Gasteiger partial charge >= 0.3 is 5.97 Å². The number of hydrogen-bond donors (Lipinski definition) is 0. The maximum Gasteiger partial charge on any atom is 0.338 e. The molecule has 1 aliphatic heterocycles. The molecule has 0 atom stereocenters. The first-order valence-electron chi connectivity index (χ1n) is 7.07. The third kappa shape index (κ3) is 2.35. The van der Waals surface area contributed by atoms with E-state index in [0.717, 1.165) is 11.1 Å². The first-order chi connectivity index (χ1) is 10.8. The van der Waals surface area contributed by atoms with Crippen LogP contribution in [-0.4, -0.2) is 15.4 Å². The summed E-state index contributed by atoms with van der Waals surface area (Å²) < 4.78 is 12.6. The molecule has 22 heavy (non-hydrogen) atoms. The summed E-state index contributed by atoms with van der Waals surface area (Å²) in [5.74, 6) is -0.333. The third-order valence-electron chi connectivity index (χ3n) is 3.81. The highest BCUT2D eigenvalue weighted by molar-refractivity contribution is 5.90. The average Bonchev–Trinajstić information content (AvgIpc) is 3.19. The fourth-order valence-corrected chi connectivity index (χ4v) is 2.59. The Hall–Kier alpha value is -2.66. The van der Waals surface area contributed by atoms with Crippen molar-refractivity contribution >= 4 is 11.5 Å². The van der Waals surface area contributed by atoms with Gasteiger partial charge in [0.15, 0.2) is 0 Å². The topological polar surface area (TPSA) is 52.8 Å². The molecule has 3 aromatic rings. The van der Waals surface area contributed by atoms with Crippen LogP contribution in [0.15, 0.2) is 49.1 Å². The number of esters is 1. The van der Waals surface area contributed by atoms with Crippen LogP contribution in [0, 0.1) is 0 Å². The number of nitrogens with zero attached hydrogens (tertiary/aromatic N) is 2. The Kier molecular flexibility index (Phi) is 3.12. The van der Waals surface area contributed by atoms with Gasteiger partial charge in [0.25, 0.3) is 0 Å². The molecule has 0 amide bonds. The number of carbonyl (C=O) groups excluding carboxylic acids is 1. The molecule has 1 aromatic carbocycles.